The van der Waals surface area contributed by atoms with E-state index in [2.05, 4.69) is 109 Å². The van der Waals surface area contributed by atoms with Gasteiger partial charge >= 0.3 is 0 Å². The summed E-state index contributed by atoms with van der Waals surface area (Å²) in [7, 11) is 0. The highest BCUT2D eigenvalue weighted by Crippen LogP contribution is 2.33. The molecule has 0 fully saturated rings. The molecule has 156 valence electrons. The van der Waals surface area contributed by atoms with Gasteiger partial charge < -0.3 is 0 Å². The molecule has 6 rings (SSSR count). The average Bonchev–Trinajstić information content (AvgIpc) is 2.88. The molecule has 0 aromatic heterocycles. The van der Waals surface area contributed by atoms with Crippen LogP contribution in [0.2, 0.25) is 5.02 Å². The van der Waals surface area contributed by atoms with Crippen molar-refractivity contribution in [3.05, 3.63) is 132 Å². The Morgan fingerprint density at radius 3 is 1.70 bits per heavy atom. The maximum atomic E-state index is 6.19. The molecule has 0 aliphatic heterocycles. The van der Waals surface area contributed by atoms with Crippen molar-refractivity contribution in [3.63, 3.8) is 0 Å². The minimum atomic E-state index is 0.758. The number of hydrogen-bond donors (Lipinski definition) is 0. The molecule has 0 radical (unpaired) electrons. The zero-order chi connectivity index (χ0) is 22.2. The van der Waals surface area contributed by atoms with E-state index in [-0.39, 0.29) is 0 Å². The maximum absolute atomic E-state index is 6.19. The van der Waals surface area contributed by atoms with Crippen molar-refractivity contribution in [3.8, 4) is 33.4 Å². The molecule has 0 saturated heterocycles. The highest BCUT2D eigenvalue weighted by Gasteiger charge is 2.07. The first kappa shape index (κ1) is 19.8. The summed E-state index contributed by atoms with van der Waals surface area (Å²) < 4.78 is 0. The molecule has 0 saturated carbocycles. The number of halogens is 1. The monoisotopic (exact) mass is 440 g/mol. The van der Waals surface area contributed by atoms with Gasteiger partial charge in [0.05, 0.1) is 0 Å². The average molecular weight is 441 g/mol. The second-order valence-corrected chi connectivity index (χ2v) is 8.83. The van der Waals surface area contributed by atoms with Gasteiger partial charge in [0.2, 0.25) is 0 Å². The third-order valence-electron chi connectivity index (χ3n) is 6.29. The van der Waals surface area contributed by atoms with Crippen molar-refractivity contribution in [1.29, 1.82) is 0 Å². The van der Waals surface area contributed by atoms with Gasteiger partial charge in [0.1, 0.15) is 0 Å². The first-order valence-corrected chi connectivity index (χ1v) is 11.5. The number of benzene rings is 6. The second-order valence-electron chi connectivity index (χ2n) is 8.39. The molecule has 0 spiro atoms. The summed E-state index contributed by atoms with van der Waals surface area (Å²) >= 11 is 6.19. The van der Waals surface area contributed by atoms with Crippen molar-refractivity contribution in [2.45, 2.75) is 0 Å². The normalized spacial score (nSPS) is 11.2. The first-order valence-electron chi connectivity index (χ1n) is 11.1. The summed E-state index contributed by atoms with van der Waals surface area (Å²) in [5.74, 6) is 0. The number of hydrogen-bond acceptors (Lipinski definition) is 0. The van der Waals surface area contributed by atoms with Crippen molar-refractivity contribution < 1.29 is 0 Å². The summed E-state index contributed by atoms with van der Waals surface area (Å²) in [4.78, 5) is 0. The molecule has 0 amide bonds. The highest BCUT2D eigenvalue weighted by atomic mass is 35.5. The lowest BCUT2D eigenvalue weighted by Crippen LogP contribution is -1.84. The summed E-state index contributed by atoms with van der Waals surface area (Å²) in [6, 6.07) is 45.2. The SMILES string of the molecule is Clc1cccc(-c2ccc3cc(-c4cccc(-c5cccc6ccccc56)c4)ccc3c2)c1. The fourth-order valence-electron chi connectivity index (χ4n) is 4.62. The van der Waals surface area contributed by atoms with Gasteiger partial charge in [-0.1, -0.05) is 109 Å². The predicted octanol–water partition coefficient (Wildman–Crippen LogP) is 9.65. The molecule has 0 atom stereocenters. The van der Waals surface area contributed by atoms with Crippen LogP contribution in [0.25, 0.3) is 54.9 Å². The van der Waals surface area contributed by atoms with E-state index in [4.69, 9.17) is 11.6 Å². The van der Waals surface area contributed by atoms with Gasteiger partial charge in [-0.05, 0) is 85.3 Å². The topological polar surface area (TPSA) is 0 Å². The van der Waals surface area contributed by atoms with Crippen LogP contribution < -0.4 is 0 Å². The molecule has 0 aliphatic carbocycles. The fraction of sp³-hybridized carbons (Fsp3) is 0. The van der Waals surface area contributed by atoms with Crippen molar-refractivity contribution in [1.82, 2.24) is 0 Å². The molecular weight excluding hydrogens is 420 g/mol. The van der Waals surface area contributed by atoms with Crippen LogP contribution in [0.15, 0.2) is 127 Å². The van der Waals surface area contributed by atoms with Crippen LogP contribution in [0, 0.1) is 0 Å². The lowest BCUT2D eigenvalue weighted by atomic mass is 9.94. The van der Waals surface area contributed by atoms with Crippen LogP contribution in [0.1, 0.15) is 0 Å². The molecule has 0 bridgehead atoms. The molecule has 0 aliphatic rings. The maximum Gasteiger partial charge on any atom is 0.0412 e. The Hall–Kier alpha value is -3.87. The van der Waals surface area contributed by atoms with E-state index in [0.717, 1.165) is 10.6 Å². The van der Waals surface area contributed by atoms with Crippen molar-refractivity contribution in [2.75, 3.05) is 0 Å². The Balaban J connectivity index is 1.40. The Morgan fingerprint density at radius 1 is 0.364 bits per heavy atom. The molecule has 6 aromatic carbocycles. The van der Waals surface area contributed by atoms with E-state index >= 15 is 0 Å². The quantitative estimate of drug-likeness (QED) is 0.257. The van der Waals surface area contributed by atoms with Crippen LogP contribution in [-0.4, -0.2) is 0 Å². The zero-order valence-corrected chi connectivity index (χ0v) is 18.8. The fourth-order valence-corrected chi connectivity index (χ4v) is 4.81. The van der Waals surface area contributed by atoms with E-state index < -0.39 is 0 Å². The Kier molecular flexibility index (Phi) is 4.94. The predicted molar refractivity (Wildman–Crippen MR) is 143 cm³/mol. The third-order valence-corrected chi connectivity index (χ3v) is 6.53. The van der Waals surface area contributed by atoms with Crippen LogP contribution in [0.5, 0.6) is 0 Å². The third kappa shape index (κ3) is 3.80. The molecule has 6 aromatic rings. The van der Waals surface area contributed by atoms with Gasteiger partial charge in [0.15, 0.2) is 0 Å². The van der Waals surface area contributed by atoms with Crippen LogP contribution in [0.4, 0.5) is 0 Å². The van der Waals surface area contributed by atoms with Crippen LogP contribution >= 0.6 is 11.6 Å². The largest absolute Gasteiger partial charge is 0.0843 e. The van der Waals surface area contributed by atoms with E-state index in [1.165, 1.54) is 49.4 Å². The van der Waals surface area contributed by atoms with Gasteiger partial charge in [-0.2, -0.15) is 0 Å². The molecule has 0 unspecified atom stereocenters. The summed E-state index contributed by atoms with van der Waals surface area (Å²) in [5.41, 5.74) is 7.26. The van der Waals surface area contributed by atoms with Gasteiger partial charge in [-0.25, -0.2) is 0 Å². The molecule has 0 nitrogen and oxygen atoms in total. The van der Waals surface area contributed by atoms with E-state index in [1.807, 2.05) is 18.2 Å². The molecule has 33 heavy (non-hydrogen) atoms. The molecule has 0 N–H and O–H groups in total. The van der Waals surface area contributed by atoms with Gasteiger partial charge in [-0.3, -0.25) is 0 Å². The number of rotatable bonds is 3. The summed E-state index contributed by atoms with van der Waals surface area (Å²) in [5, 5.41) is 5.76. The Bertz CT molecular complexity index is 1620. The lowest BCUT2D eigenvalue weighted by Gasteiger charge is -2.10. The molecule has 1 heteroatoms. The van der Waals surface area contributed by atoms with Crippen LogP contribution in [0.3, 0.4) is 0 Å². The van der Waals surface area contributed by atoms with Crippen molar-refractivity contribution in [2.24, 2.45) is 0 Å². The molecule has 0 heterocycles. The Morgan fingerprint density at radius 2 is 0.939 bits per heavy atom. The van der Waals surface area contributed by atoms with Gasteiger partial charge in [-0.15, -0.1) is 0 Å². The highest BCUT2D eigenvalue weighted by molar-refractivity contribution is 6.30. The van der Waals surface area contributed by atoms with E-state index in [1.54, 1.807) is 0 Å². The van der Waals surface area contributed by atoms with Gasteiger partial charge in [0.25, 0.3) is 0 Å². The Labute approximate surface area is 198 Å². The minimum Gasteiger partial charge on any atom is -0.0843 e. The number of fused-ring (bicyclic) bond motifs is 2. The zero-order valence-electron chi connectivity index (χ0n) is 18.0. The standard InChI is InChI=1S/C32H21Cl/c33-30-11-4-9-24(21-30)26-15-17-27-18-25(14-16-28(27)19-26)23-8-3-10-29(20-23)32-13-5-7-22-6-1-2-12-31(22)32/h1-21H. The molecular formula is C32H21Cl. The second kappa shape index (κ2) is 8.24. The summed E-state index contributed by atoms with van der Waals surface area (Å²) in [6.45, 7) is 0. The van der Waals surface area contributed by atoms with E-state index in [0.29, 0.717) is 0 Å². The van der Waals surface area contributed by atoms with Crippen molar-refractivity contribution >= 4 is 33.1 Å². The summed E-state index contributed by atoms with van der Waals surface area (Å²) in [6.07, 6.45) is 0. The van der Waals surface area contributed by atoms with Crippen LogP contribution in [-0.2, 0) is 0 Å². The first-order chi connectivity index (χ1) is 16.2. The smallest absolute Gasteiger partial charge is 0.0412 e. The van der Waals surface area contributed by atoms with E-state index in [9.17, 15) is 0 Å². The van der Waals surface area contributed by atoms with Gasteiger partial charge in [0, 0.05) is 5.02 Å². The lowest BCUT2D eigenvalue weighted by molar-refractivity contribution is 1.61. The minimum absolute atomic E-state index is 0.758.